The molecule has 1 aliphatic heterocycles. The van der Waals surface area contributed by atoms with Crippen molar-refractivity contribution in [3.8, 4) is 0 Å². The molecule has 1 aromatic carbocycles. The zero-order valence-corrected chi connectivity index (χ0v) is 13.8. The van der Waals surface area contributed by atoms with Crippen LogP contribution < -0.4 is 5.32 Å². The van der Waals surface area contributed by atoms with E-state index in [1.165, 1.54) is 12.0 Å². The van der Waals surface area contributed by atoms with Gasteiger partial charge in [-0.15, -0.1) is 0 Å². The molecule has 1 saturated heterocycles. The number of aryl methyl sites for hydroxylation is 1. The number of benzene rings is 1. The van der Waals surface area contributed by atoms with E-state index in [9.17, 15) is 4.39 Å². The molecule has 0 spiro atoms. The van der Waals surface area contributed by atoms with Crippen LogP contribution in [0.15, 0.2) is 18.2 Å². The average Bonchev–Trinajstić information content (AvgIpc) is 2.47. The molecule has 0 radical (unpaired) electrons. The Morgan fingerprint density at radius 3 is 2.86 bits per heavy atom. The van der Waals surface area contributed by atoms with Crippen molar-refractivity contribution in [1.82, 2.24) is 10.2 Å². The standard InChI is InChI=1S/C18H29FN2/c1-5-13(2)18-12-21(15(4)11-20-18)9-8-16-6-7-17(19)10-14(16)3/h6-7,10,13,15,18,20H,5,8-9,11-12H2,1-4H3. The second-order valence-electron chi connectivity index (χ2n) is 6.57. The summed E-state index contributed by atoms with van der Waals surface area (Å²) in [6.07, 6.45) is 2.22. The Hall–Kier alpha value is -0.930. The fourth-order valence-electron chi connectivity index (χ4n) is 3.13. The zero-order valence-electron chi connectivity index (χ0n) is 13.8. The first-order valence-electron chi connectivity index (χ1n) is 8.23. The number of hydrogen-bond donors (Lipinski definition) is 1. The van der Waals surface area contributed by atoms with Crippen LogP contribution in [-0.2, 0) is 6.42 Å². The summed E-state index contributed by atoms with van der Waals surface area (Å²) in [5.41, 5.74) is 2.33. The van der Waals surface area contributed by atoms with Crippen molar-refractivity contribution in [3.63, 3.8) is 0 Å². The summed E-state index contributed by atoms with van der Waals surface area (Å²) < 4.78 is 13.2. The fourth-order valence-corrected chi connectivity index (χ4v) is 3.13. The van der Waals surface area contributed by atoms with Gasteiger partial charge in [0, 0.05) is 31.7 Å². The van der Waals surface area contributed by atoms with Crippen LogP contribution in [0, 0.1) is 18.7 Å². The van der Waals surface area contributed by atoms with Gasteiger partial charge < -0.3 is 5.32 Å². The molecule has 1 fully saturated rings. The van der Waals surface area contributed by atoms with Gasteiger partial charge in [-0.1, -0.05) is 26.3 Å². The molecule has 3 unspecified atom stereocenters. The summed E-state index contributed by atoms with van der Waals surface area (Å²) in [7, 11) is 0. The van der Waals surface area contributed by atoms with Gasteiger partial charge in [0.05, 0.1) is 0 Å². The minimum absolute atomic E-state index is 0.136. The lowest BCUT2D eigenvalue weighted by atomic mass is 9.95. The van der Waals surface area contributed by atoms with Gasteiger partial charge in [0.1, 0.15) is 5.82 Å². The summed E-state index contributed by atoms with van der Waals surface area (Å²) in [5.74, 6) is 0.580. The van der Waals surface area contributed by atoms with Crippen LogP contribution in [0.1, 0.15) is 38.3 Å². The summed E-state index contributed by atoms with van der Waals surface area (Å²) in [6.45, 7) is 12.1. The molecule has 1 N–H and O–H groups in total. The summed E-state index contributed by atoms with van der Waals surface area (Å²) in [5, 5.41) is 3.68. The number of halogens is 1. The molecule has 3 heteroatoms. The van der Waals surface area contributed by atoms with E-state index in [2.05, 4.69) is 31.0 Å². The first-order chi connectivity index (χ1) is 10.0. The Morgan fingerprint density at radius 1 is 1.43 bits per heavy atom. The maximum atomic E-state index is 13.2. The molecule has 3 atom stereocenters. The van der Waals surface area contributed by atoms with Gasteiger partial charge in [0.15, 0.2) is 0 Å². The molecular weight excluding hydrogens is 263 g/mol. The van der Waals surface area contributed by atoms with Crippen LogP contribution in [0.3, 0.4) is 0 Å². The number of nitrogens with one attached hydrogen (secondary N) is 1. The molecule has 1 aromatic rings. The molecule has 21 heavy (non-hydrogen) atoms. The maximum absolute atomic E-state index is 13.2. The van der Waals surface area contributed by atoms with Crippen LogP contribution in [0.2, 0.25) is 0 Å². The number of nitrogens with zero attached hydrogens (tertiary/aromatic N) is 1. The van der Waals surface area contributed by atoms with E-state index >= 15 is 0 Å². The Labute approximate surface area is 128 Å². The minimum atomic E-state index is -0.136. The van der Waals surface area contributed by atoms with Crippen LogP contribution in [0.5, 0.6) is 0 Å². The highest BCUT2D eigenvalue weighted by Crippen LogP contribution is 2.17. The SMILES string of the molecule is CCC(C)C1CN(CCc2ccc(F)cc2C)C(C)CN1. The van der Waals surface area contributed by atoms with Crippen molar-refractivity contribution in [2.45, 2.75) is 52.6 Å². The van der Waals surface area contributed by atoms with E-state index in [4.69, 9.17) is 0 Å². The van der Waals surface area contributed by atoms with Gasteiger partial charge in [-0.2, -0.15) is 0 Å². The lowest BCUT2D eigenvalue weighted by molar-refractivity contribution is 0.120. The Balaban J connectivity index is 1.94. The van der Waals surface area contributed by atoms with Crippen LogP contribution in [-0.4, -0.2) is 36.6 Å². The van der Waals surface area contributed by atoms with Crippen LogP contribution in [0.25, 0.3) is 0 Å². The largest absolute Gasteiger partial charge is 0.311 e. The molecule has 0 aromatic heterocycles. The Morgan fingerprint density at radius 2 is 2.19 bits per heavy atom. The molecule has 0 aliphatic carbocycles. The van der Waals surface area contributed by atoms with E-state index in [-0.39, 0.29) is 5.82 Å². The van der Waals surface area contributed by atoms with Crippen molar-refractivity contribution in [2.24, 2.45) is 5.92 Å². The fraction of sp³-hybridized carbons (Fsp3) is 0.667. The number of hydrogen-bond acceptors (Lipinski definition) is 2. The lowest BCUT2D eigenvalue weighted by Crippen LogP contribution is -2.57. The first-order valence-corrected chi connectivity index (χ1v) is 8.23. The van der Waals surface area contributed by atoms with E-state index in [1.54, 1.807) is 12.1 Å². The van der Waals surface area contributed by atoms with E-state index in [0.29, 0.717) is 18.0 Å². The van der Waals surface area contributed by atoms with E-state index < -0.39 is 0 Å². The Kier molecular flexibility index (Phi) is 5.77. The van der Waals surface area contributed by atoms with Crippen molar-refractivity contribution in [1.29, 1.82) is 0 Å². The molecule has 0 bridgehead atoms. The molecule has 0 saturated carbocycles. The molecule has 0 amide bonds. The number of rotatable bonds is 5. The van der Waals surface area contributed by atoms with Gasteiger partial charge in [-0.05, 0) is 49.4 Å². The predicted molar refractivity (Wildman–Crippen MR) is 87.1 cm³/mol. The molecular formula is C18H29FN2. The third-order valence-corrected chi connectivity index (χ3v) is 5.03. The minimum Gasteiger partial charge on any atom is -0.311 e. The van der Waals surface area contributed by atoms with Crippen molar-refractivity contribution < 1.29 is 4.39 Å². The first kappa shape index (κ1) is 16.4. The topological polar surface area (TPSA) is 15.3 Å². The van der Waals surface area contributed by atoms with Gasteiger partial charge in [0.25, 0.3) is 0 Å². The van der Waals surface area contributed by atoms with Crippen molar-refractivity contribution in [3.05, 3.63) is 35.1 Å². The summed E-state index contributed by atoms with van der Waals surface area (Å²) in [6, 6.07) is 6.32. The second-order valence-corrected chi connectivity index (χ2v) is 6.57. The highest BCUT2D eigenvalue weighted by molar-refractivity contribution is 5.26. The van der Waals surface area contributed by atoms with E-state index in [0.717, 1.165) is 31.6 Å². The quantitative estimate of drug-likeness (QED) is 0.895. The van der Waals surface area contributed by atoms with Crippen LogP contribution >= 0.6 is 0 Å². The predicted octanol–water partition coefficient (Wildman–Crippen LogP) is 3.39. The van der Waals surface area contributed by atoms with Crippen molar-refractivity contribution in [2.75, 3.05) is 19.6 Å². The molecule has 118 valence electrons. The monoisotopic (exact) mass is 292 g/mol. The summed E-state index contributed by atoms with van der Waals surface area (Å²) in [4.78, 5) is 2.58. The third kappa shape index (κ3) is 4.27. The molecule has 1 heterocycles. The summed E-state index contributed by atoms with van der Waals surface area (Å²) >= 11 is 0. The van der Waals surface area contributed by atoms with E-state index in [1.807, 2.05) is 13.0 Å². The smallest absolute Gasteiger partial charge is 0.123 e. The van der Waals surface area contributed by atoms with Gasteiger partial charge in [-0.25, -0.2) is 4.39 Å². The van der Waals surface area contributed by atoms with Crippen molar-refractivity contribution >= 4 is 0 Å². The zero-order chi connectivity index (χ0) is 15.4. The molecule has 1 aliphatic rings. The van der Waals surface area contributed by atoms with Gasteiger partial charge >= 0.3 is 0 Å². The maximum Gasteiger partial charge on any atom is 0.123 e. The average molecular weight is 292 g/mol. The normalized spacial score (nSPS) is 25.0. The van der Waals surface area contributed by atoms with Crippen LogP contribution in [0.4, 0.5) is 4.39 Å². The lowest BCUT2D eigenvalue weighted by Gasteiger charge is -2.41. The molecule has 2 rings (SSSR count). The highest BCUT2D eigenvalue weighted by atomic mass is 19.1. The third-order valence-electron chi connectivity index (χ3n) is 5.03. The van der Waals surface area contributed by atoms with Gasteiger partial charge in [0.2, 0.25) is 0 Å². The molecule has 2 nitrogen and oxygen atoms in total. The Bertz CT molecular complexity index is 461. The second kappa shape index (κ2) is 7.37. The highest BCUT2D eigenvalue weighted by Gasteiger charge is 2.27. The van der Waals surface area contributed by atoms with Gasteiger partial charge in [-0.3, -0.25) is 4.90 Å². The number of piperazine rings is 1.